The molecule has 0 N–H and O–H groups in total. The molecule has 2 aliphatic rings. The molecule has 1 aromatic carbocycles. The Morgan fingerprint density at radius 1 is 0.844 bits per heavy atom. The third-order valence-corrected chi connectivity index (χ3v) is 7.62. The van der Waals surface area contributed by atoms with E-state index in [4.69, 9.17) is 4.74 Å². The summed E-state index contributed by atoms with van der Waals surface area (Å²) < 4.78 is 62.5. The van der Waals surface area contributed by atoms with E-state index in [0.29, 0.717) is 30.4 Å². The van der Waals surface area contributed by atoms with E-state index >= 15 is 0 Å². The van der Waals surface area contributed by atoms with Gasteiger partial charge >= 0.3 is 6.11 Å². The first-order valence-corrected chi connectivity index (χ1v) is 12.1. The Balaban J connectivity index is 1.29. The highest BCUT2D eigenvalue weighted by molar-refractivity contribution is 5.38. The molecule has 0 spiro atoms. The molecule has 32 heavy (non-hydrogen) atoms. The largest absolute Gasteiger partial charge is 0.432 e. The van der Waals surface area contributed by atoms with Gasteiger partial charge < -0.3 is 9.30 Å². The molecule has 0 saturated heterocycles. The summed E-state index contributed by atoms with van der Waals surface area (Å²) in [6.07, 6.45) is 9.19. The van der Waals surface area contributed by atoms with Crippen molar-refractivity contribution in [1.82, 2.24) is 4.57 Å². The molecule has 0 unspecified atom stereocenters. The van der Waals surface area contributed by atoms with Crippen LogP contribution in [-0.2, 0) is 0 Å². The van der Waals surface area contributed by atoms with Gasteiger partial charge in [0.1, 0.15) is 5.75 Å². The molecule has 2 saturated carbocycles. The summed E-state index contributed by atoms with van der Waals surface area (Å²) in [5.74, 6) is -0.485. The summed E-state index contributed by atoms with van der Waals surface area (Å²) in [6, 6.07) is 5.85. The van der Waals surface area contributed by atoms with Crippen molar-refractivity contribution in [3.05, 3.63) is 48.3 Å². The quantitative estimate of drug-likeness (QED) is 0.388. The van der Waals surface area contributed by atoms with Crippen LogP contribution in [0.1, 0.15) is 71.1 Å². The minimum absolute atomic E-state index is 0.0585. The molecule has 4 rings (SSSR count). The minimum atomic E-state index is -3.23. The van der Waals surface area contributed by atoms with Gasteiger partial charge in [0.25, 0.3) is 0 Å². The topological polar surface area (TPSA) is 14.2 Å². The van der Waals surface area contributed by atoms with Crippen molar-refractivity contribution in [2.24, 2.45) is 23.7 Å². The predicted molar refractivity (Wildman–Crippen MR) is 117 cm³/mol. The third kappa shape index (κ3) is 5.32. The molecule has 0 aliphatic heterocycles. The van der Waals surface area contributed by atoms with Gasteiger partial charge in [-0.25, -0.2) is 8.78 Å². The van der Waals surface area contributed by atoms with Gasteiger partial charge in [-0.15, -0.1) is 0 Å². The van der Waals surface area contributed by atoms with Crippen molar-refractivity contribution in [1.29, 1.82) is 0 Å². The van der Waals surface area contributed by atoms with Crippen LogP contribution in [0.3, 0.4) is 0 Å². The Labute approximate surface area is 188 Å². The lowest BCUT2D eigenvalue weighted by atomic mass is 9.68. The second-order valence-corrected chi connectivity index (χ2v) is 9.70. The van der Waals surface area contributed by atoms with Crippen LogP contribution in [0.5, 0.6) is 5.75 Å². The Bertz CT molecular complexity index is 843. The predicted octanol–water partition coefficient (Wildman–Crippen LogP) is 8.14. The highest BCUT2D eigenvalue weighted by Crippen LogP contribution is 2.46. The third-order valence-electron chi connectivity index (χ3n) is 7.62. The molecule has 0 atom stereocenters. The first-order chi connectivity index (χ1) is 15.4. The van der Waals surface area contributed by atoms with Gasteiger partial charge in [0, 0.05) is 18.1 Å². The fourth-order valence-corrected chi connectivity index (χ4v) is 5.76. The molecule has 0 amide bonds. The highest BCUT2D eigenvalue weighted by atomic mass is 19.3. The maximum absolute atomic E-state index is 14.9. The zero-order valence-electron chi connectivity index (χ0n) is 18.7. The monoisotopic (exact) mass is 451 g/mol. The SMILES string of the molecule is CCCC1CCC(C2CCC(C(F)(F)Oc3ccc(-n4cc(F)c(F)c4)cc3)CC2)CC1. The van der Waals surface area contributed by atoms with Crippen molar-refractivity contribution in [2.45, 2.75) is 77.2 Å². The standard InChI is InChI=1S/C26H33F4NO/c1-2-3-18-4-6-19(7-5-18)20-8-10-21(11-9-20)26(29,30)32-23-14-12-22(13-15-23)31-16-24(27)25(28)17-31/h12-21H,2-11H2,1H3. The number of hydrogen-bond donors (Lipinski definition) is 0. The Hall–Kier alpha value is -1.98. The van der Waals surface area contributed by atoms with E-state index in [2.05, 4.69) is 6.92 Å². The Morgan fingerprint density at radius 2 is 1.38 bits per heavy atom. The van der Waals surface area contributed by atoms with Gasteiger partial charge in [-0.3, -0.25) is 0 Å². The van der Waals surface area contributed by atoms with E-state index in [-0.39, 0.29) is 5.75 Å². The Morgan fingerprint density at radius 3 is 1.91 bits per heavy atom. The van der Waals surface area contributed by atoms with Crippen molar-refractivity contribution < 1.29 is 22.3 Å². The summed E-state index contributed by atoms with van der Waals surface area (Å²) in [5.41, 5.74) is 0.470. The van der Waals surface area contributed by atoms with E-state index in [1.54, 1.807) is 0 Å². The van der Waals surface area contributed by atoms with Crippen LogP contribution in [0.4, 0.5) is 17.6 Å². The molecule has 0 bridgehead atoms. The number of alkyl halides is 2. The maximum atomic E-state index is 14.9. The van der Waals surface area contributed by atoms with E-state index in [1.807, 2.05) is 0 Å². The summed E-state index contributed by atoms with van der Waals surface area (Å²) in [4.78, 5) is 0. The zero-order chi connectivity index (χ0) is 22.7. The molecule has 6 heteroatoms. The molecule has 176 valence electrons. The number of rotatable bonds is 7. The molecule has 1 aromatic heterocycles. The number of nitrogens with zero attached hydrogens (tertiary/aromatic N) is 1. The van der Waals surface area contributed by atoms with Crippen molar-refractivity contribution in [3.8, 4) is 11.4 Å². The van der Waals surface area contributed by atoms with Crippen LogP contribution in [0.25, 0.3) is 5.69 Å². The van der Waals surface area contributed by atoms with Crippen molar-refractivity contribution in [3.63, 3.8) is 0 Å². The molecule has 2 fully saturated rings. The van der Waals surface area contributed by atoms with E-state index < -0.39 is 23.7 Å². The first kappa shape index (κ1) is 23.2. The van der Waals surface area contributed by atoms with Gasteiger partial charge in [0.15, 0.2) is 11.6 Å². The minimum Gasteiger partial charge on any atom is -0.432 e. The summed E-state index contributed by atoms with van der Waals surface area (Å²) in [7, 11) is 0. The number of halogens is 4. The maximum Gasteiger partial charge on any atom is 0.400 e. The number of aromatic nitrogens is 1. The molecule has 2 nitrogen and oxygen atoms in total. The molecule has 1 heterocycles. The van der Waals surface area contributed by atoms with E-state index in [1.165, 1.54) is 67.4 Å². The van der Waals surface area contributed by atoms with Gasteiger partial charge in [0.2, 0.25) is 0 Å². The Kier molecular flexibility index (Phi) is 7.16. The van der Waals surface area contributed by atoms with Crippen LogP contribution in [0, 0.1) is 35.3 Å². The number of ether oxygens (including phenoxy) is 1. The molecular formula is C26H33F4NO. The molecule has 0 radical (unpaired) electrons. The average Bonchev–Trinajstić information content (AvgIpc) is 3.13. The number of hydrogen-bond acceptors (Lipinski definition) is 1. The second-order valence-electron chi connectivity index (χ2n) is 9.70. The lowest BCUT2D eigenvalue weighted by Crippen LogP contribution is -2.38. The fourth-order valence-electron chi connectivity index (χ4n) is 5.76. The van der Waals surface area contributed by atoms with Gasteiger partial charge in [0.05, 0.1) is 5.92 Å². The molecule has 2 aromatic rings. The lowest BCUT2D eigenvalue weighted by molar-refractivity contribution is -0.224. The van der Waals surface area contributed by atoms with Crippen LogP contribution < -0.4 is 4.74 Å². The van der Waals surface area contributed by atoms with Crippen molar-refractivity contribution >= 4 is 0 Å². The molecular weight excluding hydrogens is 418 g/mol. The normalized spacial score (nSPS) is 26.8. The van der Waals surface area contributed by atoms with E-state index in [9.17, 15) is 17.6 Å². The fraction of sp³-hybridized carbons (Fsp3) is 0.615. The smallest absolute Gasteiger partial charge is 0.400 e. The zero-order valence-corrected chi connectivity index (χ0v) is 18.7. The lowest BCUT2D eigenvalue weighted by Gasteiger charge is -2.39. The van der Waals surface area contributed by atoms with Gasteiger partial charge in [-0.1, -0.05) is 32.6 Å². The van der Waals surface area contributed by atoms with Crippen LogP contribution >= 0.6 is 0 Å². The molecule has 2 aliphatic carbocycles. The number of benzene rings is 1. The van der Waals surface area contributed by atoms with Crippen LogP contribution in [0.15, 0.2) is 36.7 Å². The first-order valence-electron chi connectivity index (χ1n) is 12.1. The highest BCUT2D eigenvalue weighted by Gasteiger charge is 2.45. The summed E-state index contributed by atoms with van der Waals surface area (Å²) in [6.45, 7) is 2.24. The van der Waals surface area contributed by atoms with E-state index in [0.717, 1.165) is 31.2 Å². The summed E-state index contributed by atoms with van der Waals surface area (Å²) in [5, 5.41) is 0. The van der Waals surface area contributed by atoms with Crippen LogP contribution in [-0.4, -0.2) is 10.7 Å². The van der Waals surface area contributed by atoms with Crippen molar-refractivity contribution in [2.75, 3.05) is 0 Å². The van der Waals surface area contributed by atoms with Gasteiger partial charge in [-0.2, -0.15) is 8.78 Å². The average molecular weight is 452 g/mol. The van der Waals surface area contributed by atoms with Gasteiger partial charge in [-0.05, 0) is 80.5 Å². The van der Waals surface area contributed by atoms with Crippen LogP contribution in [0.2, 0.25) is 0 Å². The second kappa shape index (κ2) is 9.88. The summed E-state index contributed by atoms with van der Waals surface area (Å²) >= 11 is 0.